The second-order valence-electron chi connectivity index (χ2n) is 5.97. The Kier molecular flexibility index (Phi) is 4.07. The van der Waals surface area contributed by atoms with E-state index in [0.29, 0.717) is 19.0 Å². The molecule has 4 rings (SSSR count). The molecule has 5 nitrogen and oxygen atoms in total. The maximum atomic E-state index is 5.90. The van der Waals surface area contributed by atoms with E-state index in [0.717, 1.165) is 28.1 Å². The van der Waals surface area contributed by atoms with Crippen molar-refractivity contribution < 1.29 is 9.15 Å². The van der Waals surface area contributed by atoms with Gasteiger partial charge >= 0.3 is 0 Å². The molecule has 0 spiro atoms. The average molecular weight is 333 g/mol. The molecule has 0 N–H and O–H groups in total. The first kappa shape index (κ1) is 15.6. The number of rotatable bonds is 5. The largest absolute Gasteiger partial charge is 0.437 e. The predicted octanol–water partition coefficient (Wildman–Crippen LogP) is 4.19. The van der Waals surface area contributed by atoms with Gasteiger partial charge in [0.15, 0.2) is 11.5 Å². The molecule has 0 bridgehead atoms. The van der Waals surface area contributed by atoms with Crippen LogP contribution >= 0.6 is 0 Å². The fraction of sp³-hybridized carbons (Fsp3) is 0.200. The number of hydrogen-bond acceptors (Lipinski definition) is 4. The summed E-state index contributed by atoms with van der Waals surface area (Å²) in [5.41, 5.74) is 3.85. The molecule has 0 aliphatic carbocycles. The third kappa shape index (κ3) is 2.94. The molecule has 0 saturated heterocycles. The van der Waals surface area contributed by atoms with Crippen LogP contribution in [0.25, 0.3) is 22.5 Å². The molecule has 0 unspecified atom stereocenters. The minimum absolute atomic E-state index is 0.404. The zero-order valence-electron chi connectivity index (χ0n) is 14.3. The number of oxazole rings is 1. The number of para-hydroxylation sites is 1. The Labute approximate surface area is 145 Å². The lowest BCUT2D eigenvalue weighted by molar-refractivity contribution is 0.164. The van der Waals surface area contributed by atoms with Gasteiger partial charge in [-0.05, 0) is 18.6 Å². The Morgan fingerprint density at radius 1 is 1.04 bits per heavy atom. The van der Waals surface area contributed by atoms with E-state index in [1.165, 1.54) is 5.56 Å². The molecule has 5 heteroatoms. The molecule has 2 aromatic heterocycles. The number of hydrogen-bond donors (Lipinski definition) is 0. The van der Waals surface area contributed by atoms with Crippen molar-refractivity contribution in [2.24, 2.45) is 0 Å². The molecule has 4 aromatic rings. The van der Waals surface area contributed by atoms with Gasteiger partial charge in [-0.1, -0.05) is 48.5 Å². The molecular weight excluding hydrogens is 314 g/mol. The van der Waals surface area contributed by atoms with Crippen molar-refractivity contribution in [1.29, 1.82) is 0 Å². The van der Waals surface area contributed by atoms with E-state index in [1.54, 1.807) is 7.11 Å². The number of ether oxygens (including phenoxy) is 1. The standard InChI is InChI=1S/C20H19N3O2/c1-14-18(13-24-2)25-20(21-14)19-16-10-6-7-11-17(16)23(22-19)12-15-8-4-3-5-9-15/h3-11H,12-13H2,1-2H3. The summed E-state index contributed by atoms with van der Waals surface area (Å²) in [6.45, 7) is 3.03. The van der Waals surface area contributed by atoms with Crippen molar-refractivity contribution in [2.45, 2.75) is 20.1 Å². The lowest BCUT2D eigenvalue weighted by atomic mass is 10.2. The molecule has 126 valence electrons. The van der Waals surface area contributed by atoms with Crippen LogP contribution in [-0.4, -0.2) is 21.9 Å². The summed E-state index contributed by atoms with van der Waals surface area (Å²) >= 11 is 0. The van der Waals surface area contributed by atoms with Crippen molar-refractivity contribution in [3.63, 3.8) is 0 Å². The third-order valence-corrected chi connectivity index (χ3v) is 4.20. The number of fused-ring (bicyclic) bond motifs is 1. The highest BCUT2D eigenvalue weighted by molar-refractivity contribution is 5.91. The van der Waals surface area contributed by atoms with E-state index in [4.69, 9.17) is 14.3 Å². The van der Waals surface area contributed by atoms with E-state index in [2.05, 4.69) is 29.2 Å². The second-order valence-corrected chi connectivity index (χ2v) is 5.97. The smallest absolute Gasteiger partial charge is 0.248 e. The summed E-state index contributed by atoms with van der Waals surface area (Å²) < 4.78 is 13.1. The first-order valence-corrected chi connectivity index (χ1v) is 8.21. The van der Waals surface area contributed by atoms with Crippen molar-refractivity contribution in [2.75, 3.05) is 7.11 Å². The fourth-order valence-corrected chi connectivity index (χ4v) is 2.96. The van der Waals surface area contributed by atoms with Crippen LogP contribution in [0.3, 0.4) is 0 Å². The molecule has 0 radical (unpaired) electrons. The summed E-state index contributed by atoms with van der Waals surface area (Å²) in [6.07, 6.45) is 0. The van der Waals surface area contributed by atoms with Crippen LogP contribution in [-0.2, 0) is 17.9 Å². The maximum absolute atomic E-state index is 5.90. The molecule has 0 saturated carbocycles. The molecule has 0 aliphatic heterocycles. The minimum Gasteiger partial charge on any atom is -0.437 e. The SMILES string of the molecule is COCc1oc(-c2nn(Cc3ccccc3)c3ccccc23)nc1C. The van der Waals surface area contributed by atoms with E-state index < -0.39 is 0 Å². The quantitative estimate of drug-likeness (QED) is 0.549. The van der Waals surface area contributed by atoms with Gasteiger partial charge in [-0.25, -0.2) is 4.98 Å². The lowest BCUT2D eigenvalue weighted by Crippen LogP contribution is -2.01. The van der Waals surface area contributed by atoms with Gasteiger partial charge in [0, 0.05) is 12.5 Å². The molecule has 0 aliphatic rings. The van der Waals surface area contributed by atoms with Crippen molar-refractivity contribution in [1.82, 2.24) is 14.8 Å². The second kappa shape index (κ2) is 6.53. The monoisotopic (exact) mass is 333 g/mol. The van der Waals surface area contributed by atoms with Gasteiger partial charge in [0.25, 0.3) is 0 Å². The van der Waals surface area contributed by atoms with Crippen LogP contribution in [0.2, 0.25) is 0 Å². The van der Waals surface area contributed by atoms with Crippen LogP contribution in [0.1, 0.15) is 17.0 Å². The molecule has 25 heavy (non-hydrogen) atoms. The highest BCUT2D eigenvalue weighted by atomic mass is 16.5. The van der Waals surface area contributed by atoms with Crippen LogP contribution < -0.4 is 0 Å². The van der Waals surface area contributed by atoms with Crippen LogP contribution in [0, 0.1) is 6.92 Å². The number of nitrogens with zero attached hydrogens (tertiary/aromatic N) is 3. The first-order chi connectivity index (χ1) is 12.3. The molecule has 0 amide bonds. The molecule has 2 heterocycles. The van der Waals surface area contributed by atoms with Crippen LogP contribution in [0.5, 0.6) is 0 Å². The van der Waals surface area contributed by atoms with Crippen LogP contribution in [0.4, 0.5) is 0 Å². The van der Waals surface area contributed by atoms with Crippen molar-refractivity contribution in [3.05, 3.63) is 71.6 Å². The Balaban J connectivity index is 1.81. The zero-order chi connectivity index (χ0) is 17.2. The van der Waals surface area contributed by atoms with Crippen LogP contribution in [0.15, 0.2) is 59.0 Å². The molecule has 0 atom stereocenters. The van der Waals surface area contributed by atoms with Gasteiger partial charge in [0.1, 0.15) is 6.61 Å². The molecule has 2 aromatic carbocycles. The zero-order valence-corrected chi connectivity index (χ0v) is 14.3. The number of methoxy groups -OCH3 is 1. The number of aryl methyl sites for hydroxylation is 1. The highest BCUT2D eigenvalue weighted by Crippen LogP contribution is 2.29. The van der Waals surface area contributed by atoms with E-state index in [1.807, 2.05) is 41.9 Å². The third-order valence-electron chi connectivity index (χ3n) is 4.20. The van der Waals surface area contributed by atoms with E-state index in [9.17, 15) is 0 Å². The van der Waals surface area contributed by atoms with Gasteiger partial charge in [0.2, 0.25) is 5.89 Å². The summed E-state index contributed by atoms with van der Waals surface area (Å²) in [7, 11) is 1.64. The summed E-state index contributed by atoms with van der Waals surface area (Å²) in [5.74, 6) is 1.27. The fourth-order valence-electron chi connectivity index (χ4n) is 2.96. The maximum Gasteiger partial charge on any atom is 0.248 e. The van der Waals surface area contributed by atoms with Crippen molar-refractivity contribution >= 4 is 10.9 Å². The minimum atomic E-state index is 0.404. The highest BCUT2D eigenvalue weighted by Gasteiger charge is 2.18. The number of benzene rings is 2. The Morgan fingerprint density at radius 2 is 1.80 bits per heavy atom. The normalized spacial score (nSPS) is 11.3. The molecule has 0 fully saturated rings. The number of aromatic nitrogens is 3. The Hall–Kier alpha value is -2.92. The van der Waals surface area contributed by atoms with Gasteiger partial charge in [-0.15, -0.1) is 0 Å². The van der Waals surface area contributed by atoms with Gasteiger partial charge < -0.3 is 9.15 Å². The van der Waals surface area contributed by atoms with E-state index >= 15 is 0 Å². The average Bonchev–Trinajstić information content (AvgIpc) is 3.18. The Bertz CT molecular complexity index is 1000. The molecular formula is C20H19N3O2. The van der Waals surface area contributed by atoms with Gasteiger partial charge in [-0.3, -0.25) is 4.68 Å². The summed E-state index contributed by atoms with van der Waals surface area (Å²) in [5, 5.41) is 5.82. The van der Waals surface area contributed by atoms with E-state index in [-0.39, 0.29) is 0 Å². The first-order valence-electron chi connectivity index (χ1n) is 8.21. The van der Waals surface area contributed by atoms with Gasteiger partial charge in [-0.2, -0.15) is 5.10 Å². The summed E-state index contributed by atoms with van der Waals surface area (Å²) in [6, 6.07) is 18.4. The topological polar surface area (TPSA) is 53.1 Å². The lowest BCUT2D eigenvalue weighted by Gasteiger charge is -2.03. The van der Waals surface area contributed by atoms with Gasteiger partial charge in [0.05, 0.1) is 17.8 Å². The predicted molar refractivity (Wildman–Crippen MR) is 96.2 cm³/mol. The Morgan fingerprint density at radius 3 is 2.60 bits per heavy atom. The summed E-state index contributed by atoms with van der Waals surface area (Å²) in [4.78, 5) is 4.55. The van der Waals surface area contributed by atoms with Crippen molar-refractivity contribution in [3.8, 4) is 11.6 Å².